The van der Waals surface area contributed by atoms with E-state index in [1.807, 2.05) is 17.5 Å². The molecule has 0 spiro atoms. The molecule has 7 heteroatoms. The minimum absolute atomic E-state index is 0.304. The minimum Gasteiger partial charge on any atom is -0.482 e. The van der Waals surface area contributed by atoms with Crippen LogP contribution in [0.25, 0.3) is 11.3 Å². The Morgan fingerprint density at radius 1 is 1.16 bits per heavy atom. The van der Waals surface area contributed by atoms with Crippen LogP contribution in [0.2, 0.25) is 0 Å². The molecule has 0 saturated heterocycles. The maximum Gasteiger partial charge on any atom is 0.341 e. The van der Waals surface area contributed by atoms with Gasteiger partial charge in [-0.3, -0.25) is 4.79 Å². The van der Waals surface area contributed by atoms with Crippen LogP contribution in [-0.2, 0) is 4.79 Å². The zero-order valence-corrected chi connectivity index (χ0v) is 13.8. The fraction of sp³-hybridized carbons (Fsp3) is 0.0556. The van der Waals surface area contributed by atoms with Crippen molar-refractivity contribution in [1.82, 2.24) is 4.98 Å². The molecule has 1 amide bonds. The molecule has 0 aliphatic heterocycles. The third kappa shape index (κ3) is 4.42. The van der Waals surface area contributed by atoms with Crippen LogP contribution in [0.5, 0.6) is 5.75 Å². The van der Waals surface area contributed by atoms with Crippen LogP contribution in [0.3, 0.4) is 0 Å². The van der Waals surface area contributed by atoms with E-state index in [2.05, 4.69) is 10.3 Å². The number of aliphatic carboxylic acids is 1. The maximum atomic E-state index is 12.3. The van der Waals surface area contributed by atoms with Crippen molar-refractivity contribution in [3.8, 4) is 17.0 Å². The molecule has 0 saturated carbocycles. The second kappa shape index (κ2) is 7.59. The quantitative estimate of drug-likeness (QED) is 0.707. The molecule has 25 heavy (non-hydrogen) atoms. The third-order valence-corrected chi connectivity index (χ3v) is 3.92. The van der Waals surface area contributed by atoms with Crippen molar-refractivity contribution in [3.05, 3.63) is 65.0 Å². The fourth-order valence-electron chi connectivity index (χ4n) is 2.15. The standard InChI is InChI=1S/C18H14N2O4S/c21-17(22)9-24-15-3-1-2-13(8-15)18(23)20-14-6-4-12(5-7-14)16-10-25-11-19-16/h1-8,10-11H,9H2,(H,20,23)(H,21,22). The number of aromatic nitrogens is 1. The lowest BCUT2D eigenvalue weighted by molar-refractivity contribution is -0.139. The Morgan fingerprint density at radius 2 is 1.96 bits per heavy atom. The normalized spacial score (nSPS) is 10.2. The summed E-state index contributed by atoms with van der Waals surface area (Å²) in [4.78, 5) is 27.1. The molecule has 1 aromatic heterocycles. The molecule has 0 aliphatic carbocycles. The Kier molecular flexibility index (Phi) is 5.06. The van der Waals surface area contributed by atoms with Gasteiger partial charge in [0.2, 0.25) is 0 Å². The summed E-state index contributed by atoms with van der Waals surface area (Å²) >= 11 is 1.52. The molecule has 2 aromatic carbocycles. The minimum atomic E-state index is -1.07. The Balaban J connectivity index is 1.67. The van der Waals surface area contributed by atoms with Gasteiger partial charge in [0.15, 0.2) is 6.61 Å². The highest BCUT2D eigenvalue weighted by molar-refractivity contribution is 7.07. The fourth-order valence-corrected chi connectivity index (χ4v) is 2.72. The molecule has 3 aromatic rings. The smallest absolute Gasteiger partial charge is 0.341 e. The first-order chi connectivity index (χ1) is 12.1. The highest BCUT2D eigenvalue weighted by Gasteiger charge is 2.09. The highest BCUT2D eigenvalue weighted by atomic mass is 32.1. The van der Waals surface area contributed by atoms with E-state index in [0.717, 1.165) is 11.3 Å². The van der Waals surface area contributed by atoms with E-state index in [1.165, 1.54) is 17.4 Å². The first-order valence-electron chi connectivity index (χ1n) is 7.36. The maximum absolute atomic E-state index is 12.3. The van der Waals surface area contributed by atoms with Crippen molar-refractivity contribution >= 4 is 28.9 Å². The largest absolute Gasteiger partial charge is 0.482 e. The number of carbonyl (C=O) groups excluding carboxylic acids is 1. The summed E-state index contributed by atoms with van der Waals surface area (Å²) in [6.07, 6.45) is 0. The summed E-state index contributed by atoms with van der Waals surface area (Å²) in [5.41, 5.74) is 4.67. The zero-order valence-electron chi connectivity index (χ0n) is 13.0. The van der Waals surface area contributed by atoms with Gasteiger partial charge in [-0.25, -0.2) is 9.78 Å². The molecule has 2 N–H and O–H groups in total. The van der Waals surface area contributed by atoms with Crippen LogP contribution >= 0.6 is 11.3 Å². The van der Waals surface area contributed by atoms with E-state index < -0.39 is 12.6 Å². The molecule has 3 rings (SSSR count). The van der Waals surface area contributed by atoms with Crippen LogP contribution < -0.4 is 10.1 Å². The number of nitrogens with one attached hydrogen (secondary N) is 1. The summed E-state index contributed by atoms with van der Waals surface area (Å²) in [6, 6.07) is 13.7. The predicted molar refractivity (Wildman–Crippen MR) is 95.1 cm³/mol. The number of carbonyl (C=O) groups is 2. The Bertz CT molecular complexity index is 876. The van der Waals surface area contributed by atoms with Crippen molar-refractivity contribution in [2.24, 2.45) is 0 Å². The number of hydrogen-bond acceptors (Lipinski definition) is 5. The summed E-state index contributed by atoms with van der Waals surface area (Å²) in [6.45, 7) is -0.455. The molecular weight excluding hydrogens is 340 g/mol. The van der Waals surface area contributed by atoms with Gasteiger partial charge in [-0.1, -0.05) is 18.2 Å². The second-order valence-electron chi connectivity index (χ2n) is 5.12. The third-order valence-electron chi connectivity index (χ3n) is 3.33. The van der Waals surface area contributed by atoms with Crippen molar-refractivity contribution in [2.45, 2.75) is 0 Å². The van der Waals surface area contributed by atoms with Gasteiger partial charge in [0.1, 0.15) is 5.75 Å². The first kappa shape index (κ1) is 16.7. The van der Waals surface area contributed by atoms with E-state index in [9.17, 15) is 9.59 Å². The molecule has 6 nitrogen and oxygen atoms in total. The van der Waals surface area contributed by atoms with Gasteiger partial charge in [-0.2, -0.15) is 0 Å². The molecule has 0 aliphatic rings. The van der Waals surface area contributed by atoms with Crippen LogP contribution in [0.4, 0.5) is 5.69 Å². The van der Waals surface area contributed by atoms with Gasteiger partial charge in [-0.05, 0) is 30.3 Å². The lowest BCUT2D eigenvalue weighted by atomic mass is 10.1. The van der Waals surface area contributed by atoms with Crippen molar-refractivity contribution in [1.29, 1.82) is 0 Å². The molecule has 0 atom stereocenters. The predicted octanol–water partition coefficient (Wildman–Crippen LogP) is 3.53. The first-order valence-corrected chi connectivity index (χ1v) is 8.31. The Labute approximate surface area is 147 Å². The van der Waals surface area contributed by atoms with E-state index >= 15 is 0 Å². The van der Waals surface area contributed by atoms with Gasteiger partial charge in [0.25, 0.3) is 5.91 Å². The molecule has 0 bridgehead atoms. The van der Waals surface area contributed by atoms with Crippen LogP contribution in [0.15, 0.2) is 59.4 Å². The number of anilines is 1. The topological polar surface area (TPSA) is 88.5 Å². The number of rotatable bonds is 6. The Morgan fingerprint density at radius 3 is 2.64 bits per heavy atom. The van der Waals surface area contributed by atoms with Crippen LogP contribution in [0.1, 0.15) is 10.4 Å². The Hall–Kier alpha value is -3.19. The average Bonchev–Trinajstić information content (AvgIpc) is 3.15. The van der Waals surface area contributed by atoms with E-state index in [-0.39, 0.29) is 5.91 Å². The van der Waals surface area contributed by atoms with Gasteiger partial charge in [0.05, 0.1) is 11.2 Å². The number of carboxylic acids is 1. The second-order valence-corrected chi connectivity index (χ2v) is 5.83. The van der Waals surface area contributed by atoms with E-state index in [4.69, 9.17) is 9.84 Å². The summed E-state index contributed by atoms with van der Waals surface area (Å²) in [5, 5.41) is 13.4. The molecule has 126 valence electrons. The van der Waals surface area contributed by atoms with Gasteiger partial charge in [0, 0.05) is 22.2 Å². The zero-order chi connectivity index (χ0) is 17.6. The SMILES string of the molecule is O=C(O)COc1cccc(C(=O)Nc2ccc(-c3cscn3)cc2)c1. The van der Waals surface area contributed by atoms with Crippen molar-refractivity contribution < 1.29 is 19.4 Å². The van der Waals surface area contributed by atoms with Crippen molar-refractivity contribution in [3.63, 3.8) is 0 Å². The number of ether oxygens (including phenoxy) is 1. The number of carboxylic acid groups (broad SMARTS) is 1. The summed E-state index contributed by atoms with van der Waals surface area (Å²) < 4.78 is 5.08. The van der Waals surface area contributed by atoms with Crippen LogP contribution in [0, 0.1) is 0 Å². The molecule has 0 unspecified atom stereocenters. The summed E-state index contributed by atoms with van der Waals surface area (Å²) in [5.74, 6) is -1.05. The number of amides is 1. The van der Waals surface area contributed by atoms with Gasteiger partial charge < -0.3 is 15.2 Å². The molecule has 1 heterocycles. The molecular formula is C18H14N2O4S. The molecule has 0 fully saturated rings. The number of hydrogen-bond donors (Lipinski definition) is 2. The monoisotopic (exact) mass is 354 g/mol. The van der Waals surface area contributed by atoms with E-state index in [1.54, 1.807) is 35.8 Å². The van der Waals surface area contributed by atoms with Crippen LogP contribution in [-0.4, -0.2) is 28.6 Å². The average molecular weight is 354 g/mol. The van der Waals surface area contributed by atoms with Crippen molar-refractivity contribution in [2.75, 3.05) is 11.9 Å². The van der Waals surface area contributed by atoms with E-state index in [0.29, 0.717) is 17.0 Å². The number of thiazole rings is 1. The number of nitrogens with zero attached hydrogens (tertiary/aromatic N) is 1. The number of benzene rings is 2. The van der Waals surface area contributed by atoms with Gasteiger partial charge in [-0.15, -0.1) is 11.3 Å². The lowest BCUT2D eigenvalue weighted by Gasteiger charge is -2.08. The lowest BCUT2D eigenvalue weighted by Crippen LogP contribution is -2.13. The molecule has 0 radical (unpaired) electrons. The highest BCUT2D eigenvalue weighted by Crippen LogP contribution is 2.22. The van der Waals surface area contributed by atoms with Gasteiger partial charge >= 0.3 is 5.97 Å². The summed E-state index contributed by atoms with van der Waals surface area (Å²) in [7, 11) is 0.